The molecule has 2 aliphatic rings. The summed E-state index contributed by atoms with van der Waals surface area (Å²) in [5.41, 5.74) is 0.715. The Morgan fingerprint density at radius 1 is 1.13 bits per heavy atom. The number of carbonyl (C=O) groups is 4. The highest BCUT2D eigenvalue weighted by atomic mass is 35.5. The number of aromatic nitrogens is 2. The Morgan fingerprint density at radius 2 is 1.82 bits per heavy atom. The maximum Gasteiger partial charge on any atom is 0.291 e. The Labute approximate surface area is 262 Å². The van der Waals surface area contributed by atoms with Crippen molar-refractivity contribution < 1.29 is 37.8 Å². The van der Waals surface area contributed by atoms with Gasteiger partial charge in [-0.25, -0.2) is 9.37 Å². The molecule has 2 aliphatic heterocycles. The third kappa shape index (κ3) is 7.57. The second kappa shape index (κ2) is 14.9. The van der Waals surface area contributed by atoms with Crippen LogP contribution in [-0.4, -0.2) is 95.0 Å². The van der Waals surface area contributed by atoms with Crippen LogP contribution in [0, 0.1) is 17.6 Å². The smallest absolute Gasteiger partial charge is 0.291 e. The second-order valence-corrected chi connectivity index (χ2v) is 10.9. The normalized spacial score (nSPS) is 16.1. The number of carbonyl (C=O) groups excluding carboxylic acids is 3. The molecular weight excluding hydrogens is 614 g/mol. The van der Waals surface area contributed by atoms with Crippen molar-refractivity contribution in [3.05, 3.63) is 64.6 Å². The number of hydrogen-bond donors (Lipinski definition) is 3. The number of imidazole rings is 1. The lowest BCUT2D eigenvalue weighted by atomic mass is 10.0. The number of halogens is 3. The molecule has 3 aromatic rings. The molecule has 0 bridgehead atoms. The number of hydrogen-bond acceptors (Lipinski definition) is 7. The minimum absolute atomic E-state index is 0.0477. The van der Waals surface area contributed by atoms with Gasteiger partial charge in [0.15, 0.2) is 17.4 Å². The van der Waals surface area contributed by atoms with Crippen molar-refractivity contribution in [2.24, 2.45) is 13.0 Å². The Bertz CT molecular complexity index is 1570. The summed E-state index contributed by atoms with van der Waals surface area (Å²) in [5, 5.41) is 13.0. The van der Waals surface area contributed by atoms with Crippen LogP contribution in [0.5, 0.6) is 5.75 Å². The summed E-state index contributed by atoms with van der Waals surface area (Å²) >= 11 is 6.44. The largest absolute Gasteiger partial charge is 0.494 e. The summed E-state index contributed by atoms with van der Waals surface area (Å²) in [6.45, 7) is 3.31. The summed E-state index contributed by atoms with van der Waals surface area (Å²) in [6, 6.07) is 7.18. The Morgan fingerprint density at radius 3 is 2.44 bits per heavy atom. The Kier molecular flexibility index (Phi) is 11.1. The second-order valence-electron chi connectivity index (χ2n) is 10.5. The predicted octanol–water partition coefficient (Wildman–Crippen LogP) is 3.26. The van der Waals surface area contributed by atoms with E-state index in [2.05, 4.69) is 15.6 Å². The van der Waals surface area contributed by atoms with Crippen LogP contribution in [0.1, 0.15) is 33.8 Å². The molecular formula is C30H33ClF2N6O6. The van der Waals surface area contributed by atoms with Gasteiger partial charge in [0.1, 0.15) is 0 Å². The molecule has 5 rings (SSSR count). The third-order valence-electron chi connectivity index (χ3n) is 7.74. The topological polar surface area (TPSA) is 146 Å². The molecule has 0 unspecified atom stereocenters. The van der Waals surface area contributed by atoms with Crippen molar-refractivity contribution >= 4 is 41.5 Å². The van der Waals surface area contributed by atoms with Crippen molar-refractivity contribution in [2.75, 3.05) is 51.7 Å². The molecule has 0 saturated carbocycles. The Hall–Kier alpha value is -4.56. The van der Waals surface area contributed by atoms with Crippen molar-refractivity contribution in [1.29, 1.82) is 0 Å². The van der Waals surface area contributed by atoms with E-state index in [1.165, 1.54) is 49.2 Å². The van der Waals surface area contributed by atoms with E-state index in [1.807, 2.05) is 4.90 Å². The van der Waals surface area contributed by atoms with Crippen LogP contribution < -0.4 is 15.4 Å². The molecule has 0 aliphatic carbocycles. The summed E-state index contributed by atoms with van der Waals surface area (Å²) in [4.78, 5) is 54.7. The van der Waals surface area contributed by atoms with Gasteiger partial charge in [0, 0.05) is 50.9 Å². The molecule has 2 aromatic carbocycles. The number of piperazine rings is 1. The van der Waals surface area contributed by atoms with Gasteiger partial charge in [-0.2, -0.15) is 4.39 Å². The summed E-state index contributed by atoms with van der Waals surface area (Å²) in [6.07, 6.45) is 2.80. The van der Waals surface area contributed by atoms with E-state index in [9.17, 15) is 23.2 Å². The summed E-state index contributed by atoms with van der Waals surface area (Å²) < 4.78 is 35.0. The molecule has 0 radical (unpaired) electrons. The van der Waals surface area contributed by atoms with Gasteiger partial charge >= 0.3 is 0 Å². The number of ether oxygens (including phenoxy) is 1. The minimum atomic E-state index is -1.14. The molecule has 2 fully saturated rings. The zero-order valence-electron chi connectivity index (χ0n) is 24.7. The molecule has 12 nitrogen and oxygen atoms in total. The van der Waals surface area contributed by atoms with Crippen molar-refractivity contribution in [3.8, 4) is 17.0 Å². The quantitative estimate of drug-likeness (QED) is 0.332. The SMILES string of the molecule is COc1ccc(-c2cnc(C(=O)Nc3ccc(C(=O)N4CCN(C(=O)C[C@H]5CCNC5)CC4)c(Cl)c3)n2C)c(F)c1F.O=CO. The van der Waals surface area contributed by atoms with Gasteiger partial charge in [-0.1, -0.05) is 11.6 Å². The highest BCUT2D eigenvalue weighted by Crippen LogP contribution is 2.30. The lowest BCUT2D eigenvalue weighted by molar-refractivity contribution is -0.133. The zero-order valence-corrected chi connectivity index (χ0v) is 25.4. The highest BCUT2D eigenvalue weighted by molar-refractivity contribution is 6.34. The van der Waals surface area contributed by atoms with Gasteiger partial charge in [-0.15, -0.1) is 0 Å². The number of methoxy groups -OCH3 is 1. The molecule has 45 heavy (non-hydrogen) atoms. The van der Waals surface area contributed by atoms with E-state index in [-0.39, 0.29) is 51.7 Å². The van der Waals surface area contributed by atoms with E-state index < -0.39 is 17.5 Å². The van der Waals surface area contributed by atoms with Crippen molar-refractivity contribution in [3.63, 3.8) is 0 Å². The summed E-state index contributed by atoms with van der Waals surface area (Å²) in [7, 11) is 2.74. The first-order valence-electron chi connectivity index (χ1n) is 14.1. The molecule has 3 heterocycles. The standard InChI is InChI=1S/C29H31ClF2N6O4.CH2O2/c1-36-22(20-5-6-23(42-2)26(32)25(20)31)16-34-27(36)28(40)35-18-3-4-19(21(30)14-18)29(41)38-11-9-37(10-12-38)24(39)13-17-7-8-33-15-17;2-1-3/h3-6,14,16-17,33H,7-13,15H2,1-2H3,(H,35,40);1H,(H,2,3)/t17-;/m1./s1. The molecule has 0 spiro atoms. The lowest BCUT2D eigenvalue weighted by Crippen LogP contribution is -2.51. The van der Waals surface area contributed by atoms with E-state index in [4.69, 9.17) is 26.2 Å². The first-order chi connectivity index (χ1) is 21.6. The van der Waals surface area contributed by atoms with Crippen molar-refractivity contribution in [2.45, 2.75) is 12.8 Å². The van der Waals surface area contributed by atoms with Gasteiger partial charge in [0.05, 0.1) is 29.6 Å². The summed E-state index contributed by atoms with van der Waals surface area (Å²) in [5.74, 6) is -2.92. The number of rotatable bonds is 7. The highest BCUT2D eigenvalue weighted by Gasteiger charge is 2.28. The molecule has 2 saturated heterocycles. The molecule has 3 N–H and O–H groups in total. The first kappa shape index (κ1) is 33.3. The van der Waals surface area contributed by atoms with Crippen LogP contribution in [0.15, 0.2) is 36.5 Å². The van der Waals surface area contributed by atoms with Crippen LogP contribution in [0.3, 0.4) is 0 Å². The van der Waals surface area contributed by atoms with Crippen LogP contribution in [0.4, 0.5) is 14.5 Å². The maximum absolute atomic E-state index is 14.6. The minimum Gasteiger partial charge on any atom is -0.494 e. The number of benzene rings is 2. The average Bonchev–Trinajstić information content (AvgIpc) is 3.68. The fraction of sp³-hybridized carbons (Fsp3) is 0.367. The van der Waals surface area contributed by atoms with E-state index in [0.717, 1.165) is 19.5 Å². The lowest BCUT2D eigenvalue weighted by Gasteiger charge is -2.35. The van der Waals surface area contributed by atoms with Gasteiger partial charge in [0.25, 0.3) is 18.3 Å². The molecule has 1 aromatic heterocycles. The van der Waals surface area contributed by atoms with E-state index >= 15 is 0 Å². The maximum atomic E-state index is 14.6. The average molecular weight is 647 g/mol. The van der Waals surface area contributed by atoms with Gasteiger partial charge in [0.2, 0.25) is 11.7 Å². The molecule has 1 atom stereocenters. The fourth-order valence-electron chi connectivity index (χ4n) is 5.31. The number of amides is 3. The monoisotopic (exact) mass is 646 g/mol. The zero-order chi connectivity index (χ0) is 32.7. The third-order valence-corrected chi connectivity index (χ3v) is 8.05. The van der Waals surface area contributed by atoms with Gasteiger partial charge < -0.3 is 34.8 Å². The molecule has 3 amide bonds. The number of nitrogens with one attached hydrogen (secondary N) is 2. The van der Waals surface area contributed by atoms with Gasteiger partial charge in [-0.3, -0.25) is 19.2 Å². The van der Waals surface area contributed by atoms with Crippen LogP contribution in [0.25, 0.3) is 11.3 Å². The fourth-order valence-corrected chi connectivity index (χ4v) is 5.57. The van der Waals surface area contributed by atoms with Crippen LogP contribution in [0.2, 0.25) is 5.02 Å². The van der Waals surface area contributed by atoms with E-state index in [0.29, 0.717) is 44.2 Å². The predicted molar refractivity (Wildman–Crippen MR) is 161 cm³/mol. The van der Waals surface area contributed by atoms with E-state index in [1.54, 1.807) is 11.0 Å². The van der Waals surface area contributed by atoms with Crippen molar-refractivity contribution in [1.82, 2.24) is 24.7 Å². The van der Waals surface area contributed by atoms with Crippen LogP contribution in [-0.2, 0) is 16.6 Å². The first-order valence-corrected chi connectivity index (χ1v) is 14.5. The number of nitrogens with zero attached hydrogens (tertiary/aromatic N) is 4. The number of anilines is 1. The van der Waals surface area contributed by atoms with Crippen LogP contribution >= 0.6 is 11.6 Å². The Balaban J connectivity index is 0.00000148. The molecule has 15 heteroatoms. The molecule has 240 valence electrons. The van der Waals surface area contributed by atoms with Gasteiger partial charge in [-0.05, 0) is 55.8 Å². The number of carboxylic acid groups (broad SMARTS) is 1.